The Morgan fingerprint density at radius 3 is 2.55 bits per heavy atom. The topological polar surface area (TPSA) is 72.7 Å². The van der Waals surface area contributed by atoms with Crippen LogP contribution in [-0.2, 0) is 23.3 Å². The minimum Gasteiger partial charge on any atom is -0.308 e. The second kappa shape index (κ2) is 11.0. The van der Waals surface area contributed by atoms with E-state index in [1.807, 2.05) is 48.9 Å². The summed E-state index contributed by atoms with van der Waals surface area (Å²) < 4.78 is 1.96. The fourth-order valence-electron chi connectivity index (χ4n) is 3.14. The van der Waals surface area contributed by atoms with Crippen LogP contribution in [0.3, 0.4) is 0 Å². The van der Waals surface area contributed by atoms with Gasteiger partial charge in [0.1, 0.15) is 5.82 Å². The van der Waals surface area contributed by atoms with Crippen LogP contribution in [0.2, 0.25) is 0 Å². The maximum Gasteiger partial charge on any atom is 0.236 e. The number of rotatable bonds is 9. The zero-order valence-corrected chi connectivity index (χ0v) is 21.2. The van der Waals surface area contributed by atoms with E-state index in [0.717, 1.165) is 38.6 Å². The number of aromatic nitrogens is 4. The molecule has 4 rings (SSSR count). The Morgan fingerprint density at radius 1 is 1.03 bits per heavy atom. The number of nitrogens with zero attached hydrogens (tertiary/aromatic N) is 4. The van der Waals surface area contributed by atoms with Gasteiger partial charge in [-0.1, -0.05) is 71.9 Å². The zero-order valence-electron chi connectivity index (χ0n) is 18.7. The molecule has 4 aromatic rings. The highest BCUT2D eigenvalue weighted by Gasteiger charge is 2.14. The van der Waals surface area contributed by atoms with Crippen LogP contribution in [-0.4, -0.2) is 31.4 Å². The molecule has 0 radical (unpaired) electrons. The monoisotopic (exact) mass is 495 g/mol. The van der Waals surface area contributed by atoms with Gasteiger partial charge in [0.2, 0.25) is 5.91 Å². The summed E-state index contributed by atoms with van der Waals surface area (Å²) in [4.78, 5) is 18.2. The van der Waals surface area contributed by atoms with Crippen molar-refractivity contribution >= 4 is 45.9 Å². The van der Waals surface area contributed by atoms with Crippen molar-refractivity contribution in [2.45, 2.75) is 30.5 Å². The SMILES string of the molecule is Cc1ccc(CSCc2nnc(SCC(=O)Nc3nc(-c4ccccc4)c(C)s3)n2C)cc1. The Kier molecular flexibility index (Phi) is 7.85. The summed E-state index contributed by atoms with van der Waals surface area (Å²) in [6, 6.07) is 18.6. The van der Waals surface area contributed by atoms with E-state index in [2.05, 4.69) is 51.7 Å². The summed E-state index contributed by atoms with van der Waals surface area (Å²) in [7, 11) is 1.94. The first-order chi connectivity index (χ1) is 16.0. The number of benzene rings is 2. The van der Waals surface area contributed by atoms with Crippen LogP contribution in [0.5, 0.6) is 0 Å². The number of aryl methyl sites for hydroxylation is 2. The van der Waals surface area contributed by atoms with Gasteiger partial charge in [-0.15, -0.1) is 33.3 Å². The van der Waals surface area contributed by atoms with Gasteiger partial charge in [0.05, 0.1) is 17.2 Å². The lowest BCUT2D eigenvalue weighted by Crippen LogP contribution is -2.14. The molecule has 0 spiro atoms. The van der Waals surface area contributed by atoms with E-state index in [4.69, 9.17) is 0 Å². The van der Waals surface area contributed by atoms with Crippen LogP contribution in [0.4, 0.5) is 5.13 Å². The third kappa shape index (κ3) is 6.25. The second-order valence-electron chi connectivity index (χ2n) is 7.56. The fourth-order valence-corrected chi connectivity index (χ4v) is 5.69. The first-order valence-electron chi connectivity index (χ1n) is 10.5. The molecule has 2 aromatic heterocycles. The smallest absolute Gasteiger partial charge is 0.236 e. The number of thiazole rings is 1. The molecule has 6 nitrogen and oxygen atoms in total. The third-order valence-electron chi connectivity index (χ3n) is 4.97. The quantitative estimate of drug-likeness (QED) is 0.300. The number of nitrogens with one attached hydrogen (secondary N) is 1. The molecule has 0 saturated heterocycles. The summed E-state index contributed by atoms with van der Waals surface area (Å²) >= 11 is 4.67. The summed E-state index contributed by atoms with van der Waals surface area (Å²) in [5, 5.41) is 12.8. The maximum atomic E-state index is 12.5. The van der Waals surface area contributed by atoms with Crippen molar-refractivity contribution < 1.29 is 4.79 Å². The molecule has 1 N–H and O–H groups in total. The molecule has 1 amide bonds. The van der Waals surface area contributed by atoms with Crippen molar-refractivity contribution in [3.05, 3.63) is 76.4 Å². The highest BCUT2D eigenvalue weighted by molar-refractivity contribution is 7.99. The average Bonchev–Trinajstić information content (AvgIpc) is 3.36. The highest BCUT2D eigenvalue weighted by atomic mass is 32.2. The first-order valence-corrected chi connectivity index (χ1v) is 13.4. The van der Waals surface area contributed by atoms with E-state index in [1.165, 1.54) is 34.2 Å². The van der Waals surface area contributed by atoms with Crippen LogP contribution in [0.25, 0.3) is 11.3 Å². The van der Waals surface area contributed by atoms with Gasteiger partial charge in [0, 0.05) is 23.2 Å². The first kappa shape index (κ1) is 23.5. The number of carbonyl (C=O) groups is 1. The normalized spacial score (nSPS) is 11.0. The van der Waals surface area contributed by atoms with Gasteiger partial charge in [0.25, 0.3) is 0 Å². The zero-order chi connectivity index (χ0) is 23.2. The van der Waals surface area contributed by atoms with Gasteiger partial charge in [-0.25, -0.2) is 4.98 Å². The lowest BCUT2D eigenvalue weighted by molar-refractivity contribution is -0.113. The second-order valence-corrected chi connectivity index (χ2v) is 10.7. The number of thioether (sulfide) groups is 2. The molecule has 2 heterocycles. The lowest BCUT2D eigenvalue weighted by atomic mass is 10.1. The molecule has 0 aliphatic rings. The van der Waals surface area contributed by atoms with Crippen LogP contribution >= 0.6 is 34.9 Å². The van der Waals surface area contributed by atoms with Crippen molar-refractivity contribution in [1.82, 2.24) is 19.7 Å². The van der Waals surface area contributed by atoms with Gasteiger partial charge in [0.15, 0.2) is 10.3 Å². The summed E-state index contributed by atoms with van der Waals surface area (Å²) in [6.07, 6.45) is 0. The van der Waals surface area contributed by atoms with Gasteiger partial charge >= 0.3 is 0 Å². The van der Waals surface area contributed by atoms with Gasteiger partial charge in [-0.05, 0) is 19.4 Å². The molecule has 2 aromatic carbocycles. The van der Waals surface area contributed by atoms with E-state index in [9.17, 15) is 4.79 Å². The molecule has 0 unspecified atom stereocenters. The predicted octanol–water partition coefficient (Wildman–Crippen LogP) is 5.72. The summed E-state index contributed by atoms with van der Waals surface area (Å²) in [5.41, 5.74) is 4.52. The summed E-state index contributed by atoms with van der Waals surface area (Å²) in [5.74, 6) is 2.74. The van der Waals surface area contributed by atoms with Crippen molar-refractivity contribution in [1.29, 1.82) is 0 Å². The van der Waals surface area contributed by atoms with Crippen LogP contribution in [0.1, 0.15) is 21.8 Å². The van der Waals surface area contributed by atoms with E-state index in [0.29, 0.717) is 5.13 Å². The molecule has 0 bridgehead atoms. The maximum absolute atomic E-state index is 12.5. The Bertz CT molecular complexity index is 1220. The Balaban J connectivity index is 1.27. The van der Waals surface area contributed by atoms with Gasteiger partial charge in [-0.3, -0.25) is 4.79 Å². The van der Waals surface area contributed by atoms with E-state index >= 15 is 0 Å². The van der Waals surface area contributed by atoms with E-state index in [-0.39, 0.29) is 11.7 Å². The average molecular weight is 496 g/mol. The lowest BCUT2D eigenvalue weighted by Gasteiger charge is -2.05. The molecule has 9 heteroatoms. The molecular weight excluding hydrogens is 470 g/mol. The van der Waals surface area contributed by atoms with Crippen LogP contribution in [0, 0.1) is 13.8 Å². The van der Waals surface area contributed by atoms with Crippen molar-refractivity contribution in [2.75, 3.05) is 11.1 Å². The van der Waals surface area contributed by atoms with E-state index in [1.54, 1.807) is 11.8 Å². The number of hydrogen-bond acceptors (Lipinski definition) is 7. The number of carbonyl (C=O) groups excluding carboxylic acids is 1. The fraction of sp³-hybridized carbons (Fsp3) is 0.250. The number of hydrogen-bond donors (Lipinski definition) is 1. The van der Waals surface area contributed by atoms with Gasteiger partial charge in [-0.2, -0.15) is 0 Å². The summed E-state index contributed by atoms with van der Waals surface area (Å²) in [6.45, 7) is 4.11. The largest absolute Gasteiger partial charge is 0.308 e. The minimum atomic E-state index is -0.105. The van der Waals surface area contributed by atoms with Crippen molar-refractivity contribution in [3.8, 4) is 11.3 Å². The van der Waals surface area contributed by atoms with Crippen molar-refractivity contribution in [2.24, 2.45) is 7.05 Å². The predicted molar refractivity (Wildman–Crippen MR) is 139 cm³/mol. The Morgan fingerprint density at radius 2 is 1.79 bits per heavy atom. The highest BCUT2D eigenvalue weighted by Crippen LogP contribution is 2.30. The van der Waals surface area contributed by atoms with Crippen LogP contribution in [0.15, 0.2) is 59.8 Å². The molecule has 0 aliphatic carbocycles. The van der Waals surface area contributed by atoms with Crippen LogP contribution < -0.4 is 5.32 Å². The molecule has 0 fully saturated rings. The standard InChI is InChI=1S/C24H25N5OS3/c1-16-9-11-18(12-10-16)13-31-14-20-27-28-24(29(20)3)32-15-21(30)25-23-26-22(17(2)33-23)19-7-5-4-6-8-19/h4-12H,13-15H2,1-3H3,(H,25,26,30). The molecular formula is C24H25N5OS3. The van der Waals surface area contributed by atoms with Crippen molar-refractivity contribution in [3.63, 3.8) is 0 Å². The molecule has 0 aliphatic heterocycles. The molecule has 33 heavy (non-hydrogen) atoms. The molecule has 170 valence electrons. The third-order valence-corrected chi connectivity index (χ3v) is 7.87. The Hall–Kier alpha value is -2.62. The minimum absolute atomic E-state index is 0.105. The molecule has 0 atom stereocenters. The van der Waals surface area contributed by atoms with E-state index < -0.39 is 0 Å². The molecule has 0 saturated carbocycles. The number of amides is 1. The Labute approximate surface area is 206 Å². The van der Waals surface area contributed by atoms with Gasteiger partial charge < -0.3 is 9.88 Å². The number of anilines is 1.